The SMILES string of the molecule is CN(C)C(=O)c1cc2sccc2n1Cc1cccc(F)c1. The number of hydrogen-bond acceptors (Lipinski definition) is 2. The van der Waals surface area contributed by atoms with Crippen molar-refractivity contribution in [1.29, 1.82) is 0 Å². The first-order valence-electron chi connectivity index (χ1n) is 6.59. The van der Waals surface area contributed by atoms with E-state index in [1.165, 1.54) is 12.1 Å². The first kappa shape index (κ1) is 13.8. The summed E-state index contributed by atoms with van der Waals surface area (Å²) in [6.45, 7) is 0.479. The molecule has 1 amide bonds. The van der Waals surface area contributed by atoms with Crippen LogP contribution in [0, 0.1) is 5.82 Å². The maximum atomic E-state index is 13.4. The number of benzene rings is 1. The Kier molecular flexibility index (Phi) is 3.51. The summed E-state index contributed by atoms with van der Waals surface area (Å²) in [6, 6.07) is 10.4. The van der Waals surface area contributed by atoms with E-state index < -0.39 is 0 Å². The summed E-state index contributed by atoms with van der Waals surface area (Å²) in [7, 11) is 3.46. The van der Waals surface area contributed by atoms with Crippen LogP contribution >= 0.6 is 11.3 Å². The van der Waals surface area contributed by atoms with Crippen LogP contribution in [-0.4, -0.2) is 29.5 Å². The largest absolute Gasteiger partial charge is 0.343 e. The lowest BCUT2D eigenvalue weighted by molar-refractivity contribution is 0.0818. The van der Waals surface area contributed by atoms with Gasteiger partial charge in [-0.15, -0.1) is 11.3 Å². The van der Waals surface area contributed by atoms with Gasteiger partial charge < -0.3 is 9.47 Å². The van der Waals surface area contributed by atoms with Gasteiger partial charge in [-0.25, -0.2) is 4.39 Å². The Labute approximate surface area is 126 Å². The molecule has 0 atom stereocenters. The minimum atomic E-state index is -0.262. The topological polar surface area (TPSA) is 25.2 Å². The molecule has 2 heterocycles. The van der Waals surface area contributed by atoms with E-state index >= 15 is 0 Å². The van der Waals surface area contributed by atoms with Crippen LogP contribution in [0.25, 0.3) is 10.2 Å². The van der Waals surface area contributed by atoms with Crippen molar-refractivity contribution < 1.29 is 9.18 Å². The van der Waals surface area contributed by atoms with Crippen molar-refractivity contribution in [1.82, 2.24) is 9.47 Å². The van der Waals surface area contributed by atoms with E-state index in [-0.39, 0.29) is 11.7 Å². The van der Waals surface area contributed by atoms with Crippen molar-refractivity contribution in [2.24, 2.45) is 0 Å². The van der Waals surface area contributed by atoms with Crippen molar-refractivity contribution in [3.63, 3.8) is 0 Å². The van der Waals surface area contributed by atoms with Gasteiger partial charge in [0.2, 0.25) is 0 Å². The van der Waals surface area contributed by atoms with Crippen molar-refractivity contribution >= 4 is 27.5 Å². The normalized spacial score (nSPS) is 11.0. The molecule has 21 heavy (non-hydrogen) atoms. The number of carbonyl (C=O) groups is 1. The molecule has 3 nitrogen and oxygen atoms in total. The lowest BCUT2D eigenvalue weighted by atomic mass is 10.2. The molecule has 0 spiro atoms. The van der Waals surface area contributed by atoms with Crippen LogP contribution in [0.3, 0.4) is 0 Å². The van der Waals surface area contributed by atoms with Gasteiger partial charge in [-0.3, -0.25) is 4.79 Å². The lowest BCUT2D eigenvalue weighted by Gasteiger charge is -2.14. The first-order valence-corrected chi connectivity index (χ1v) is 7.47. The average Bonchev–Trinajstić information content (AvgIpc) is 3.00. The third kappa shape index (κ3) is 2.56. The number of amides is 1. The highest BCUT2D eigenvalue weighted by molar-refractivity contribution is 7.17. The number of fused-ring (bicyclic) bond motifs is 1. The zero-order chi connectivity index (χ0) is 15.0. The van der Waals surface area contributed by atoms with E-state index in [4.69, 9.17) is 0 Å². The van der Waals surface area contributed by atoms with Crippen molar-refractivity contribution in [2.75, 3.05) is 14.1 Å². The molecule has 1 aromatic carbocycles. The van der Waals surface area contributed by atoms with Gasteiger partial charge in [-0.1, -0.05) is 12.1 Å². The molecule has 2 aromatic heterocycles. The van der Waals surface area contributed by atoms with E-state index in [2.05, 4.69) is 0 Å². The summed E-state index contributed by atoms with van der Waals surface area (Å²) < 4.78 is 16.4. The van der Waals surface area contributed by atoms with Crippen LogP contribution in [0.4, 0.5) is 4.39 Å². The maximum Gasteiger partial charge on any atom is 0.270 e. The molecular weight excluding hydrogens is 287 g/mol. The Morgan fingerprint density at radius 3 is 2.81 bits per heavy atom. The fourth-order valence-electron chi connectivity index (χ4n) is 2.37. The van der Waals surface area contributed by atoms with Gasteiger partial charge in [0.05, 0.1) is 10.2 Å². The van der Waals surface area contributed by atoms with Crippen LogP contribution in [-0.2, 0) is 6.54 Å². The zero-order valence-corrected chi connectivity index (χ0v) is 12.7. The van der Waals surface area contributed by atoms with E-state index in [0.29, 0.717) is 12.2 Å². The van der Waals surface area contributed by atoms with Gasteiger partial charge in [0.25, 0.3) is 5.91 Å². The van der Waals surface area contributed by atoms with Gasteiger partial charge in [-0.2, -0.15) is 0 Å². The highest BCUT2D eigenvalue weighted by atomic mass is 32.1. The molecular formula is C16H15FN2OS. The molecule has 0 aliphatic heterocycles. The molecule has 5 heteroatoms. The van der Waals surface area contributed by atoms with Gasteiger partial charge in [0.1, 0.15) is 11.5 Å². The van der Waals surface area contributed by atoms with Gasteiger partial charge in [0.15, 0.2) is 0 Å². The van der Waals surface area contributed by atoms with Crippen LogP contribution in [0.15, 0.2) is 41.8 Å². The van der Waals surface area contributed by atoms with Crippen molar-refractivity contribution in [3.05, 3.63) is 58.9 Å². The summed E-state index contributed by atoms with van der Waals surface area (Å²) in [5, 5.41) is 2.00. The fourth-order valence-corrected chi connectivity index (χ4v) is 3.19. The molecule has 0 aliphatic carbocycles. The monoisotopic (exact) mass is 302 g/mol. The molecule has 0 saturated carbocycles. The van der Waals surface area contributed by atoms with Crippen molar-refractivity contribution in [2.45, 2.75) is 6.54 Å². The van der Waals surface area contributed by atoms with E-state index in [1.807, 2.05) is 28.1 Å². The molecule has 3 aromatic rings. The maximum absolute atomic E-state index is 13.4. The van der Waals surface area contributed by atoms with Crippen LogP contribution < -0.4 is 0 Å². The standard InChI is InChI=1S/C16H15FN2OS/c1-18(2)16(20)14-9-15-13(6-7-21-15)19(14)10-11-4-3-5-12(17)8-11/h3-9H,10H2,1-2H3. The summed E-state index contributed by atoms with van der Waals surface area (Å²) in [6.07, 6.45) is 0. The Hall–Kier alpha value is -2.14. The number of nitrogens with zero attached hydrogens (tertiary/aromatic N) is 2. The number of halogens is 1. The van der Waals surface area contributed by atoms with Gasteiger partial charge in [-0.05, 0) is 35.2 Å². The highest BCUT2D eigenvalue weighted by Gasteiger charge is 2.18. The van der Waals surface area contributed by atoms with Gasteiger partial charge in [0, 0.05) is 20.6 Å². The minimum absolute atomic E-state index is 0.0465. The average molecular weight is 302 g/mol. The van der Waals surface area contributed by atoms with Crippen LogP contribution in [0.5, 0.6) is 0 Å². The predicted molar refractivity (Wildman–Crippen MR) is 83.3 cm³/mol. The quantitative estimate of drug-likeness (QED) is 0.726. The second-order valence-corrected chi connectivity index (χ2v) is 6.06. The second-order valence-electron chi connectivity index (χ2n) is 5.12. The molecule has 3 rings (SSSR count). The summed E-state index contributed by atoms with van der Waals surface area (Å²) in [4.78, 5) is 13.9. The molecule has 0 radical (unpaired) electrons. The number of aromatic nitrogens is 1. The summed E-state index contributed by atoms with van der Waals surface area (Å²) >= 11 is 1.60. The number of hydrogen-bond donors (Lipinski definition) is 0. The predicted octanol–water partition coefficient (Wildman–Crippen LogP) is 3.59. The third-order valence-electron chi connectivity index (χ3n) is 3.38. The number of thiophene rings is 1. The number of carbonyl (C=O) groups excluding carboxylic acids is 1. The zero-order valence-electron chi connectivity index (χ0n) is 11.8. The molecule has 0 unspecified atom stereocenters. The lowest BCUT2D eigenvalue weighted by Crippen LogP contribution is -2.24. The first-order chi connectivity index (χ1) is 10.1. The summed E-state index contributed by atoms with van der Waals surface area (Å²) in [5.74, 6) is -0.309. The minimum Gasteiger partial charge on any atom is -0.343 e. The van der Waals surface area contributed by atoms with Gasteiger partial charge >= 0.3 is 0 Å². The van der Waals surface area contributed by atoms with E-state index in [1.54, 1.807) is 36.4 Å². The van der Waals surface area contributed by atoms with E-state index in [0.717, 1.165) is 15.8 Å². The molecule has 0 fully saturated rings. The second kappa shape index (κ2) is 5.33. The molecule has 0 N–H and O–H groups in total. The molecule has 0 saturated heterocycles. The van der Waals surface area contributed by atoms with E-state index in [9.17, 15) is 9.18 Å². The number of rotatable bonds is 3. The molecule has 108 valence electrons. The summed E-state index contributed by atoms with van der Waals surface area (Å²) in [5.41, 5.74) is 2.48. The smallest absolute Gasteiger partial charge is 0.270 e. The Balaban J connectivity index is 2.09. The Morgan fingerprint density at radius 1 is 1.29 bits per heavy atom. The van der Waals surface area contributed by atoms with Crippen molar-refractivity contribution in [3.8, 4) is 0 Å². The Morgan fingerprint density at radius 2 is 2.10 bits per heavy atom. The molecule has 0 aliphatic rings. The molecule has 0 bridgehead atoms. The van der Waals surface area contributed by atoms with Crippen LogP contribution in [0.1, 0.15) is 16.1 Å². The Bertz CT molecular complexity index is 804. The fraction of sp³-hybridized carbons (Fsp3) is 0.188. The third-order valence-corrected chi connectivity index (χ3v) is 4.23. The van der Waals surface area contributed by atoms with Crippen LogP contribution in [0.2, 0.25) is 0 Å². The highest BCUT2D eigenvalue weighted by Crippen LogP contribution is 2.27.